The molecule has 22 heavy (non-hydrogen) atoms. The first-order valence-electron chi connectivity index (χ1n) is 6.53. The Balaban J connectivity index is 2.38. The Morgan fingerprint density at radius 1 is 1.14 bits per heavy atom. The van der Waals surface area contributed by atoms with E-state index in [1.807, 2.05) is 6.92 Å². The van der Waals surface area contributed by atoms with Gasteiger partial charge in [-0.05, 0) is 31.0 Å². The third-order valence-corrected chi connectivity index (χ3v) is 3.87. The minimum Gasteiger partial charge on any atom is -0.505 e. The van der Waals surface area contributed by atoms with Crippen LogP contribution >= 0.6 is 0 Å². The molecule has 0 saturated heterocycles. The van der Waals surface area contributed by atoms with Crippen LogP contribution in [0.4, 0.5) is 5.82 Å². The third-order valence-electron chi connectivity index (χ3n) is 3.87. The smallest absolute Gasteiger partial charge is 0.262 e. The molecule has 7 heteroatoms. The fraction of sp³-hybridized carbons (Fsp3) is 0.133. The lowest BCUT2D eigenvalue weighted by Gasteiger charge is -2.15. The molecule has 1 aromatic carbocycles. The van der Waals surface area contributed by atoms with Crippen LogP contribution in [0, 0.1) is 13.8 Å². The van der Waals surface area contributed by atoms with Crippen molar-refractivity contribution < 1.29 is 14.7 Å². The number of benzene rings is 1. The van der Waals surface area contributed by atoms with Crippen molar-refractivity contribution in [1.82, 2.24) is 9.88 Å². The van der Waals surface area contributed by atoms with Crippen molar-refractivity contribution in [1.29, 1.82) is 0 Å². The third kappa shape index (κ3) is 1.72. The number of carbonyl (C=O) groups is 2. The van der Waals surface area contributed by atoms with Crippen molar-refractivity contribution in [2.75, 3.05) is 5.73 Å². The minimum atomic E-state index is -0.658. The fourth-order valence-corrected chi connectivity index (χ4v) is 2.50. The Hall–Kier alpha value is -3.09. The summed E-state index contributed by atoms with van der Waals surface area (Å²) in [6.07, 6.45) is 0. The molecule has 0 spiro atoms. The summed E-state index contributed by atoms with van der Waals surface area (Å²) in [5.41, 5.74) is 6.83. The van der Waals surface area contributed by atoms with Gasteiger partial charge < -0.3 is 10.8 Å². The summed E-state index contributed by atoms with van der Waals surface area (Å²) in [6.45, 7) is 3.53. The second-order valence-electron chi connectivity index (χ2n) is 5.15. The number of hydrogen-bond donors (Lipinski definition) is 3. The molecule has 2 aromatic rings. The van der Waals surface area contributed by atoms with Crippen molar-refractivity contribution in [2.24, 2.45) is 0 Å². The number of anilines is 1. The number of phenolic OH excluding ortho intramolecular Hbond substituents is 1. The van der Waals surface area contributed by atoms with Crippen LogP contribution in [-0.2, 0) is 0 Å². The van der Waals surface area contributed by atoms with Crippen molar-refractivity contribution in [3.63, 3.8) is 0 Å². The van der Waals surface area contributed by atoms with Crippen molar-refractivity contribution >= 4 is 17.6 Å². The molecular formula is C15H13N3O4. The molecule has 4 N–H and O–H groups in total. The average Bonchev–Trinajstić information content (AvgIpc) is 2.73. The number of nitrogens with one attached hydrogen (secondary N) is 1. The lowest BCUT2D eigenvalue weighted by atomic mass is 10.1. The van der Waals surface area contributed by atoms with Crippen LogP contribution in [-0.4, -0.2) is 21.5 Å². The summed E-state index contributed by atoms with van der Waals surface area (Å²) in [7, 11) is 0. The first kappa shape index (κ1) is 13.9. The van der Waals surface area contributed by atoms with Crippen LogP contribution < -0.4 is 16.6 Å². The fourth-order valence-electron chi connectivity index (χ4n) is 2.50. The molecule has 0 fully saturated rings. The number of pyridine rings is 1. The number of aryl methyl sites for hydroxylation is 1. The largest absolute Gasteiger partial charge is 0.505 e. The van der Waals surface area contributed by atoms with Crippen LogP contribution in [0.1, 0.15) is 31.8 Å². The monoisotopic (exact) mass is 299 g/mol. The molecule has 0 aliphatic carbocycles. The summed E-state index contributed by atoms with van der Waals surface area (Å²) in [6, 6.07) is 4.31. The van der Waals surface area contributed by atoms with E-state index in [9.17, 15) is 19.5 Å². The van der Waals surface area contributed by atoms with Crippen LogP contribution in [0.3, 0.4) is 0 Å². The number of carbonyl (C=O) groups excluding carboxylic acids is 2. The van der Waals surface area contributed by atoms with Gasteiger partial charge in [0.05, 0.1) is 16.8 Å². The normalized spacial score (nSPS) is 13.2. The number of phenols is 1. The average molecular weight is 299 g/mol. The highest BCUT2D eigenvalue weighted by Crippen LogP contribution is 2.30. The van der Waals surface area contributed by atoms with Gasteiger partial charge in [-0.1, -0.05) is 6.07 Å². The number of hydrogen-bond acceptors (Lipinski definition) is 5. The summed E-state index contributed by atoms with van der Waals surface area (Å²) in [4.78, 5) is 35.7. The number of nitrogens with two attached hydrogens (primary N) is 1. The molecule has 0 saturated carbocycles. The van der Waals surface area contributed by atoms with Gasteiger partial charge in [0.15, 0.2) is 0 Å². The van der Waals surface area contributed by atoms with E-state index in [1.165, 1.54) is 6.07 Å². The second-order valence-corrected chi connectivity index (χ2v) is 5.15. The van der Waals surface area contributed by atoms with Gasteiger partial charge in [0.25, 0.3) is 17.4 Å². The predicted octanol–water partition coefficient (Wildman–Crippen LogP) is 0.626. The zero-order valence-corrected chi connectivity index (χ0v) is 11.9. The number of imide groups is 1. The lowest BCUT2D eigenvalue weighted by molar-refractivity contribution is 0.0880. The van der Waals surface area contributed by atoms with Crippen LogP contribution in [0.2, 0.25) is 0 Å². The van der Waals surface area contributed by atoms with E-state index in [-0.39, 0.29) is 28.4 Å². The SMILES string of the molecule is Cc1ccc(-n2c(N)c3c(cc2=O)C(=O)NC3=O)c(O)c1C. The maximum Gasteiger partial charge on any atom is 0.262 e. The van der Waals surface area contributed by atoms with Crippen molar-refractivity contribution in [3.8, 4) is 11.4 Å². The van der Waals surface area contributed by atoms with Gasteiger partial charge in [0.1, 0.15) is 11.6 Å². The highest BCUT2D eigenvalue weighted by Gasteiger charge is 2.32. The molecule has 1 aliphatic heterocycles. The highest BCUT2D eigenvalue weighted by molar-refractivity contribution is 6.23. The summed E-state index contributed by atoms with van der Waals surface area (Å²) in [5.74, 6) is -1.59. The highest BCUT2D eigenvalue weighted by atomic mass is 16.3. The van der Waals surface area contributed by atoms with E-state index in [4.69, 9.17) is 5.73 Å². The quantitative estimate of drug-likeness (QED) is 0.668. The van der Waals surface area contributed by atoms with Crippen molar-refractivity contribution in [3.05, 3.63) is 50.8 Å². The molecule has 1 aromatic heterocycles. The minimum absolute atomic E-state index is 0.0490. The number of rotatable bonds is 1. The van der Waals surface area contributed by atoms with E-state index in [0.717, 1.165) is 16.2 Å². The first-order chi connectivity index (χ1) is 10.3. The molecule has 112 valence electrons. The van der Waals surface area contributed by atoms with Crippen LogP contribution in [0.15, 0.2) is 23.0 Å². The molecule has 7 nitrogen and oxygen atoms in total. The van der Waals surface area contributed by atoms with Gasteiger partial charge in [0.2, 0.25) is 0 Å². The molecule has 1 aliphatic rings. The van der Waals surface area contributed by atoms with E-state index in [1.54, 1.807) is 13.0 Å². The topological polar surface area (TPSA) is 114 Å². The van der Waals surface area contributed by atoms with Crippen LogP contribution in [0.5, 0.6) is 5.75 Å². The number of aromatic hydroxyl groups is 1. The van der Waals surface area contributed by atoms with E-state index in [2.05, 4.69) is 5.32 Å². The van der Waals surface area contributed by atoms with E-state index < -0.39 is 17.4 Å². The lowest BCUT2D eigenvalue weighted by Crippen LogP contribution is -2.24. The Morgan fingerprint density at radius 2 is 1.82 bits per heavy atom. The summed E-state index contributed by atoms with van der Waals surface area (Å²) in [5, 5.41) is 12.4. The maximum absolute atomic E-state index is 12.3. The predicted molar refractivity (Wildman–Crippen MR) is 79.4 cm³/mol. The Kier molecular flexibility index (Phi) is 2.81. The molecule has 0 bridgehead atoms. The molecule has 0 atom stereocenters. The molecule has 0 radical (unpaired) electrons. The first-order valence-corrected chi connectivity index (χ1v) is 6.53. The van der Waals surface area contributed by atoms with Crippen LogP contribution in [0.25, 0.3) is 5.69 Å². The number of fused-ring (bicyclic) bond motifs is 1. The van der Waals surface area contributed by atoms with E-state index >= 15 is 0 Å². The second kappa shape index (κ2) is 4.45. The summed E-state index contributed by atoms with van der Waals surface area (Å²) >= 11 is 0. The number of amides is 2. The Labute approximate surface area is 125 Å². The van der Waals surface area contributed by atoms with Gasteiger partial charge in [-0.2, -0.15) is 0 Å². The zero-order valence-electron chi connectivity index (χ0n) is 11.9. The van der Waals surface area contributed by atoms with Gasteiger partial charge in [0, 0.05) is 6.07 Å². The van der Waals surface area contributed by atoms with Gasteiger partial charge in [-0.25, -0.2) is 0 Å². The molecule has 2 amide bonds. The standard InChI is InChI=1S/C15H13N3O4/c1-6-3-4-9(12(20)7(6)2)18-10(19)5-8-11(13(18)16)15(22)17-14(8)21/h3-5,20H,16H2,1-2H3,(H,17,21,22). The number of nitrogens with zero attached hydrogens (tertiary/aromatic N) is 1. The van der Waals surface area contributed by atoms with Gasteiger partial charge in [-0.15, -0.1) is 0 Å². The Morgan fingerprint density at radius 3 is 2.50 bits per heavy atom. The molecular weight excluding hydrogens is 286 g/mol. The Bertz CT molecular complexity index is 912. The van der Waals surface area contributed by atoms with E-state index in [0.29, 0.717) is 5.56 Å². The van der Waals surface area contributed by atoms with Gasteiger partial charge >= 0.3 is 0 Å². The zero-order chi connectivity index (χ0) is 16.2. The van der Waals surface area contributed by atoms with Crippen molar-refractivity contribution in [2.45, 2.75) is 13.8 Å². The summed E-state index contributed by atoms with van der Waals surface area (Å²) < 4.78 is 1.03. The molecule has 0 unspecified atom stereocenters. The number of nitrogen functional groups attached to an aromatic ring is 1. The molecule has 2 heterocycles. The van der Waals surface area contributed by atoms with Gasteiger partial charge in [-0.3, -0.25) is 24.3 Å². The number of aromatic nitrogens is 1. The maximum atomic E-state index is 12.3. The molecule has 3 rings (SSSR count).